The van der Waals surface area contributed by atoms with E-state index in [0.29, 0.717) is 52.2 Å². The SMILES string of the molecule is CC1(C)OC[C@H](c2cc(N)nc(-c3ccc(Oc4ccc(F)cc4)cc3)c2)O1.CS(=O)(=O)Cc1cc([C@H](O)CO)cc(-c2ccc(Oc3ccc(F)cc3)cc2)n1.CS(=O)(=O)Cl. The third kappa shape index (κ3) is 15.4. The van der Waals surface area contributed by atoms with Crippen molar-refractivity contribution < 1.29 is 54.8 Å². The van der Waals surface area contributed by atoms with Crippen molar-refractivity contribution in [2.75, 3.05) is 31.5 Å². The molecule has 2 atom stereocenters. The van der Waals surface area contributed by atoms with Gasteiger partial charge in [0.05, 0.1) is 42.3 Å². The topological polar surface area (TPSA) is 197 Å². The van der Waals surface area contributed by atoms with Gasteiger partial charge in [0.2, 0.25) is 9.05 Å². The first-order valence-corrected chi connectivity index (χ1v) is 23.4. The van der Waals surface area contributed by atoms with Crippen molar-refractivity contribution in [2.24, 2.45) is 0 Å². The summed E-state index contributed by atoms with van der Waals surface area (Å²) in [5, 5.41) is 19.2. The Bertz CT molecular complexity index is 2650. The molecule has 1 aliphatic heterocycles. The number of nitrogens with zero attached hydrogens (tertiary/aromatic N) is 2. The molecule has 0 aliphatic carbocycles. The Morgan fingerprint density at radius 2 is 1.19 bits per heavy atom. The fourth-order valence-corrected chi connectivity index (χ4v) is 6.51. The van der Waals surface area contributed by atoms with Crippen LogP contribution in [-0.2, 0) is 34.1 Å². The number of rotatable bonds is 11. The molecular weight excluding hydrogens is 868 g/mol. The fourth-order valence-electron chi connectivity index (χ4n) is 5.82. The average molecular weight is 912 g/mol. The van der Waals surface area contributed by atoms with Crippen LogP contribution in [0.5, 0.6) is 23.0 Å². The van der Waals surface area contributed by atoms with Gasteiger partial charge in [-0.2, -0.15) is 0 Å². The van der Waals surface area contributed by atoms with Crippen molar-refractivity contribution >= 4 is 35.4 Å². The van der Waals surface area contributed by atoms with Crippen molar-refractivity contribution in [2.45, 2.75) is 37.6 Å². The number of hydrogen-bond acceptors (Lipinski definition) is 13. The van der Waals surface area contributed by atoms with Crippen LogP contribution in [0.25, 0.3) is 22.5 Å². The highest BCUT2D eigenvalue weighted by atomic mass is 35.7. The van der Waals surface area contributed by atoms with Gasteiger partial charge in [0.1, 0.15) is 52.7 Å². The molecule has 1 saturated heterocycles. The zero-order valence-corrected chi connectivity index (χ0v) is 36.3. The number of hydrogen-bond donors (Lipinski definition) is 3. The second kappa shape index (κ2) is 20.6. The predicted octanol–water partition coefficient (Wildman–Crippen LogP) is 8.52. The minimum absolute atomic E-state index is 0.180. The summed E-state index contributed by atoms with van der Waals surface area (Å²) in [7, 11) is -2.02. The molecule has 4 aromatic carbocycles. The van der Waals surface area contributed by atoms with Gasteiger partial charge in [-0.05, 0) is 146 Å². The molecule has 2 aromatic heterocycles. The number of sulfone groups is 1. The summed E-state index contributed by atoms with van der Waals surface area (Å²) in [4.78, 5) is 8.81. The number of pyridine rings is 2. The second-order valence-corrected chi connectivity index (χ2v) is 19.6. The quantitative estimate of drug-likeness (QED) is 0.105. The maximum absolute atomic E-state index is 13.0. The van der Waals surface area contributed by atoms with Crippen LogP contribution >= 0.6 is 10.7 Å². The fraction of sp³-hybridized carbons (Fsp3) is 0.227. The van der Waals surface area contributed by atoms with Crippen LogP contribution in [0, 0.1) is 11.6 Å². The maximum Gasteiger partial charge on any atom is 0.229 e. The Balaban J connectivity index is 0.000000211. The lowest BCUT2D eigenvalue weighted by Crippen LogP contribution is -2.19. The van der Waals surface area contributed by atoms with Gasteiger partial charge in [0, 0.05) is 28.1 Å². The molecule has 0 spiro atoms. The highest BCUT2D eigenvalue weighted by Gasteiger charge is 2.34. The molecule has 6 aromatic rings. The van der Waals surface area contributed by atoms with E-state index in [1.165, 1.54) is 42.5 Å². The van der Waals surface area contributed by atoms with Gasteiger partial charge in [0.15, 0.2) is 15.6 Å². The number of halogens is 3. The summed E-state index contributed by atoms with van der Waals surface area (Å²) in [6.45, 7) is 3.75. The minimum Gasteiger partial charge on any atom is -0.457 e. The predicted molar refractivity (Wildman–Crippen MR) is 232 cm³/mol. The molecule has 0 amide bonds. The first-order valence-electron chi connectivity index (χ1n) is 18.7. The van der Waals surface area contributed by atoms with Crippen molar-refractivity contribution in [3.8, 4) is 45.5 Å². The summed E-state index contributed by atoms with van der Waals surface area (Å²) >= 11 is 0. The molecule has 328 valence electrons. The maximum atomic E-state index is 13.0. The van der Waals surface area contributed by atoms with Gasteiger partial charge in [-0.25, -0.2) is 30.6 Å². The zero-order chi connectivity index (χ0) is 45.2. The monoisotopic (exact) mass is 911 g/mol. The third-order valence-electron chi connectivity index (χ3n) is 8.52. The number of aromatic nitrogens is 2. The molecular formula is C44H44ClF2N3O10S2. The Hall–Kier alpha value is -5.53. The highest BCUT2D eigenvalue weighted by Crippen LogP contribution is 2.35. The summed E-state index contributed by atoms with van der Waals surface area (Å²) < 4.78 is 91.0. The lowest BCUT2D eigenvalue weighted by atomic mass is 10.0. The smallest absolute Gasteiger partial charge is 0.229 e. The number of nitrogens with two attached hydrogens (primary N) is 1. The van der Waals surface area contributed by atoms with Crippen LogP contribution in [0.1, 0.15) is 42.9 Å². The van der Waals surface area contributed by atoms with E-state index in [1.54, 1.807) is 42.5 Å². The van der Waals surface area contributed by atoms with E-state index in [0.717, 1.165) is 29.3 Å². The molecule has 13 nitrogen and oxygen atoms in total. The first-order chi connectivity index (χ1) is 29.1. The molecule has 62 heavy (non-hydrogen) atoms. The van der Waals surface area contributed by atoms with E-state index in [9.17, 15) is 35.8 Å². The lowest BCUT2D eigenvalue weighted by Gasteiger charge is -2.17. The van der Waals surface area contributed by atoms with Crippen LogP contribution in [-0.4, -0.2) is 68.5 Å². The van der Waals surface area contributed by atoms with E-state index in [2.05, 4.69) is 20.7 Å². The van der Waals surface area contributed by atoms with Gasteiger partial charge in [0.25, 0.3) is 0 Å². The van der Waals surface area contributed by atoms with Crippen LogP contribution < -0.4 is 15.2 Å². The molecule has 0 radical (unpaired) electrons. The largest absolute Gasteiger partial charge is 0.457 e. The normalized spacial score (nSPS) is 15.0. The number of anilines is 1. The van der Waals surface area contributed by atoms with E-state index in [1.807, 2.05) is 50.2 Å². The molecule has 7 rings (SSSR count). The summed E-state index contributed by atoms with van der Waals surface area (Å²) in [5.41, 5.74) is 10.4. The van der Waals surface area contributed by atoms with Gasteiger partial charge >= 0.3 is 0 Å². The van der Waals surface area contributed by atoms with Crippen molar-refractivity contribution in [1.82, 2.24) is 9.97 Å². The summed E-state index contributed by atoms with van der Waals surface area (Å²) in [6, 6.07) is 32.7. The van der Waals surface area contributed by atoms with Gasteiger partial charge in [-0.15, -0.1) is 0 Å². The van der Waals surface area contributed by atoms with Crippen molar-refractivity contribution in [3.05, 3.63) is 150 Å². The highest BCUT2D eigenvalue weighted by molar-refractivity contribution is 8.13. The Kier molecular flexibility index (Phi) is 15.8. The van der Waals surface area contributed by atoms with E-state index in [4.69, 9.17) is 24.7 Å². The first kappa shape index (κ1) is 47.5. The van der Waals surface area contributed by atoms with Crippen LogP contribution in [0.3, 0.4) is 0 Å². The van der Waals surface area contributed by atoms with Crippen LogP contribution in [0.4, 0.5) is 14.6 Å². The molecule has 1 aliphatic rings. The van der Waals surface area contributed by atoms with Crippen LogP contribution in [0.15, 0.2) is 121 Å². The number of nitrogen functional groups attached to an aromatic ring is 1. The number of aliphatic hydroxyl groups excluding tert-OH is 2. The van der Waals surface area contributed by atoms with Crippen molar-refractivity contribution in [1.29, 1.82) is 0 Å². The standard InChI is InChI=1S/C22H21FN2O3.C21H20FNO5S.CH3ClO2S/c1-22(2)26-13-20(28-22)15-11-19(25-21(24)12-15)14-3-7-17(8-4-14)27-18-9-5-16(23)6-10-18;1-29(26,27)13-17-10-15(21(25)12-24)11-20(23-17)14-2-6-18(7-3-14)28-19-8-4-16(22)5-9-19;1-5(2,3)4/h3-12,20H,13H2,1-2H3,(H2,24,25);2-11,21,24-25H,12-13H2,1H3;1H3/t20-;21-;/m11./s1. The van der Waals surface area contributed by atoms with Gasteiger partial charge in [-0.1, -0.05) is 0 Å². The second-order valence-electron chi connectivity index (χ2n) is 14.4. The Labute approximate surface area is 363 Å². The lowest BCUT2D eigenvalue weighted by molar-refractivity contribution is -0.139. The molecule has 1 fully saturated rings. The molecule has 3 heterocycles. The van der Waals surface area contributed by atoms with Crippen molar-refractivity contribution in [3.63, 3.8) is 0 Å². The third-order valence-corrected chi connectivity index (χ3v) is 9.34. The minimum atomic E-state index is -3.32. The van der Waals surface area contributed by atoms with Gasteiger partial charge < -0.3 is 34.9 Å². The molecule has 0 bridgehead atoms. The van der Waals surface area contributed by atoms with Crippen LogP contribution in [0.2, 0.25) is 0 Å². The number of ether oxygens (including phenoxy) is 4. The summed E-state index contributed by atoms with van der Waals surface area (Å²) in [6.07, 6.45) is 0.705. The molecule has 0 unspecified atom stereocenters. The average Bonchev–Trinajstić information content (AvgIpc) is 3.58. The number of aliphatic hydroxyl groups is 2. The molecule has 18 heteroatoms. The van der Waals surface area contributed by atoms with Gasteiger partial charge in [-0.3, -0.25) is 4.98 Å². The van der Waals surface area contributed by atoms with E-state index in [-0.39, 0.29) is 29.2 Å². The molecule has 0 saturated carbocycles. The summed E-state index contributed by atoms with van der Waals surface area (Å²) in [5.74, 6) is 1.12. The Morgan fingerprint density at radius 3 is 1.60 bits per heavy atom. The zero-order valence-electron chi connectivity index (χ0n) is 33.9. The Morgan fingerprint density at radius 1 is 0.758 bits per heavy atom. The van der Waals surface area contributed by atoms with E-state index >= 15 is 0 Å². The molecule has 4 N–H and O–H groups in total. The number of benzene rings is 4. The van der Waals surface area contributed by atoms with E-state index < -0.39 is 37.4 Å².